The minimum absolute atomic E-state index is 0.0591. The van der Waals surface area contributed by atoms with Crippen molar-refractivity contribution in [3.05, 3.63) is 60.0 Å². The number of methoxy groups -OCH3 is 1. The van der Waals surface area contributed by atoms with E-state index in [0.717, 1.165) is 6.26 Å². The maximum absolute atomic E-state index is 14.0. The van der Waals surface area contributed by atoms with Gasteiger partial charge in [0.15, 0.2) is 11.5 Å². The zero-order chi connectivity index (χ0) is 24.0. The number of halogens is 6. The number of rotatable bonds is 4. The Hall–Kier alpha value is -3.61. The molecule has 0 fully saturated rings. The average molecular weight is 472 g/mol. The van der Waals surface area contributed by atoms with Crippen molar-refractivity contribution >= 4 is 11.7 Å². The van der Waals surface area contributed by atoms with Gasteiger partial charge >= 0.3 is 12.4 Å². The van der Waals surface area contributed by atoms with Crippen molar-refractivity contribution in [3.63, 3.8) is 0 Å². The molecule has 0 unspecified atom stereocenters. The maximum atomic E-state index is 14.0. The second-order valence-electron chi connectivity index (χ2n) is 6.96. The van der Waals surface area contributed by atoms with Crippen LogP contribution >= 0.6 is 0 Å². The summed E-state index contributed by atoms with van der Waals surface area (Å²) in [6.45, 7) is 0. The Kier molecular flexibility index (Phi) is 5.31. The van der Waals surface area contributed by atoms with Gasteiger partial charge in [-0.25, -0.2) is 9.97 Å². The number of anilines is 1. The normalized spacial score (nSPS) is 19.0. The van der Waals surface area contributed by atoms with Crippen LogP contribution in [0.25, 0.3) is 11.5 Å². The Morgan fingerprint density at radius 3 is 2.39 bits per heavy atom. The van der Waals surface area contributed by atoms with Gasteiger partial charge in [0.2, 0.25) is 5.95 Å². The first-order valence-electron chi connectivity index (χ1n) is 9.24. The van der Waals surface area contributed by atoms with Crippen LogP contribution in [0.4, 0.5) is 32.3 Å². The number of benzene rings is 1. The third-order valence-electron chi connectivity index (χ3n) is 4.82. The Labute approximate surface area is 181 Å². The second kappa shape index (κ2) is 7.76. The number of para-hydroxylation sites is 1. The van der Waals surface area contributed by atoms with Gasteiger partial charge in [0.05, 0.1) is 25.5 Å². The molecule has 0 radical (unpaired) electrons. The molecule has 1 aromatic carbocycles. The average Bonchev–Trinajstić information content (AvgIpc) is 3.41. The minimum Gasteiger partial charge on any atom is -0.496 e. The highest BCUT2D eigenvalue weighted by Gasteiger charge is 2.63. The van der Waals surface area contributed by atoms with Crippen molar-refractivity contribution in [2.24, 2.45) is 5.10 Å². The summed E-state index contributed by atoms with van der Waals surface area (Å²) in [6.07, 6.45) is -10.3. The largest absolute Gasteiger partial charge is 0.496 e. The van der Waals surface area contributed by atoms with Gasteiger partial charge in [0.25, 0.3) is 5.72 Å². The Bertz CT molecular complexity index is 1190. The van der Waals surface area contributed by atoms with Gasteiger partial charge < -0.3 is 14.3 Å². The lowest BCUT2D eigenvalue weighted by molar-refractivity contribution is -0.254. The van der Waals surface area contributed by atoms with E-state index in [1.54, 1.807) is 6.07 Å². The second-order valence-corrected chi connectivity index (χ2v) is 6.96. The summed E-state index contributed by atoms with van der Waals surface area (Å²) in [6, 6.07) is 9.10. The van der Waals surface area contributed by atoms with Crippen molar-refractivity contribution in [2.45, 2.75) is 24.5 Å². The number of furan rings is 1. The van der Waals surface area contributed by atoms with Gasteiger partial charge in [0.1, 0.15) is 11.4 Å². The topological polar surface area (TPSA) is 84.0 Å². The van der Waals surface area contributed by atoms with Crippen molar-refractivity contribution in [1.82, 2.24) is 9.97 Å². The Morgan fingerprint density at radius 2 is 1.79 bits per heavy atom. The number of hydrazone groups is 1. The molecule has 0 bridgehead atoms. The van der Waals surface area contributed by atoms with Gasteiger partial charge in [0, 0.05) is 5.56 Å². The summed E-state index contributed by atoms with van der Waals surface area (Å²) in [5.74, 6) is -1.10. The number of nitrogens with zero attached hydrogens (tertiary/aromatic N) is 4. The minimum atomic E-state index is -5.33. The number of ether oxygens (including phenoxy) is 1. The van der Waals surface area contributed by atoms with Gasteiger partial charge in [-0.3, -0.25) is 0 Å². The van der Waals surface area contributed by atoms with Crippen molar-refractivity contribution in [2.75, 3.05) is 12.1 Å². The summed E-state index contributed by atoms with van der Waals surface area (Å²) >= 11 is 0. The molecule has 3 heterocycles. The first-order valence-corrected chi connectivity index (χ1v) is 9.24. The predicted molar refractivity (Wildman–Crippen MR) is 102 cm³/mol. The van der Waals surface area contributed by atoms with Crippen molar-refractivity contribution in [1.29, 1.82) is 0 Å². The SMILES string of the molecule is COc1ccccc1C1=NN(c2nc(-c3ccco3)cc(C(F)(F)F)n2)[C@@](O)(C(F)(F)F)C1. The fraction of sp³-hybridized carbons (Fsp3) is 0.250. The lowest BCUT2D eigenvalue weighted by atomic mass is 10.0. The summed E-state index contributed by atoms with van der Waals surface area (Å²) in [5.41, 5.74) is -5.86. The molecule has 2 aromatic heterocycles. The Balaban J connectivity index is 1.92. The van der Waals surface area contributed by atoms with E-state index >= 15 is 0 Å². The van der Waals surface area contributed by atoms with Crippen molar-refractivity contribution < 1.29 is 40.6 Å². The van der Waals surface area contributed by atoms with Crippen LogP contribution in [0.2, 0.25) is 0 Å². The van der Waals surface area contributed by atoms with E-state index in [1.807, 2.05) is 0 Å². The first-order chi connectivity index (χ1) is 15.4. The molecule has 174 valence electrons. The number of hydrogen-bond donors (Lipinski definition) is 1. The molecule has 0 aliphatic carbocycles. The molecule has 0 amide bonds. The van der Waals surface area contributed by atoms with Crippen LogP contribution in [0, 0.1) is 0 Å². The number of aliphatic hydroxyl groups is 1. The van der Waals surface area contributed by atoms with Crippen LogP contribution in [-0.4, -0.2) is 39.8 Å². The van der Waals surface area contributed by atoms with Crippen LogP contribution in [0.15, 0.2) is 58.2 Å². The van der Waals surface area contributed by atoms with Crippen LogP contribution < -0.4 is 9.75 Å². The standard InChI is InChI=1S/C20H14F6N4O3/c1-32-14-6-3-2-5-11(14)13-10-18(31,20(24,25)26)30(29-13)17-27-12(15-7-4-8-33-15)9-16(28-17)19(21,22)23/h2-9,31H,10H2,1H3/t18-/m0/s1. The van der Waals surface area contributed by atoms with E-state index in [1.165, 1.54) is 37.4 Å². The van der Waals surface area contributed by atoms with Crippen LogP contribution in [0.1, 0.15) is 17.7 Å². The molecule has 0 saturated heterocycles. The first kappa shape index (κ1) is 22.6. The van der Waals surface area contributed by atoms with E-state index < -0.39 is 41.8 Å². The lowest BCUT2D eigenvalue weighted by Gasteiger charge is -2.32. The summed E-state index contributed by atoms with van der Waals surface area (Å²) in [4.78, 5) is 7.00. The fourth-order valence-electron chi connectivity index (χ4n) is 3.23. The summed E-state index contributed by atoms with van der Waals surface area (Å²) in [7, 11) is 1.29. The highest BCUT2D eigenvalue weighted by molar-refractivity contribution is 6.05. The Morgan fingerprint density at radius 1 is 1.06 bits per heavy atom. The van der Waals surface area contributed by atoms with Gasteiger partial charge in [-0.2, -0.15) is 36.5 Å². The molecule has 4 rings (SSSR count). The fourth-order valence-corrected chi connectivity index (χ4v) is 3.23. The van der Waals surface area contributed by atoms with Gasteiger partial charge in [-0.15, -0.1) is 0 Å². The quantitative estimate of drug-likeness (QED) is 0.558. The molecular weight excluding hydrogens is 458 g/mol. The molecule has 7 nitrogen and oxygen atoms in total. The molecule has 1 aliphatic heterocycles. The molecule has 0 saturated carbocycles. The van der Waals surface area contributed by atoms with E-state index in [0.29, 0.717) is 6.07 Å². The molecule has 0 spiro atoms. The van der Waals surface area contributed by atoms with Crippen molar-refractivity contribution in [3.8, 4) is 17.2 Å². The number of aromatic nitrogens is 2. The van der Waals surface area contributed by atoms with Crippen LogP contribution in [0.5, 0.6) is 5.75 Å². The maximum Gasteiger partial charge on any atom is 0.438 e. The monoisotopic (exact) mass is 472 g/mol. The smallest absolute Gasteiger partial charge is 0.438 e. The lowest BCUT2D eigenvalue weighted by Crippen LogP contribution is -2.55. The number of hydrogen-bond acceptors (Lipinski definition) is 7. The summed E-state index contributed by atoms with van der Waals surface area (Å²) in [5, 5.41) is 14.3. The molecule has 3 aromatic rings. The third-order valence-corrected chi connectivity index (χ3v) is 4.82. The van der Waals surface area contributed by atoms with E-state index in [9.17, 15) is 31.4 Å². The molecular formula is C20H14F6N4O3. The third kappa shape index (κ3) is 3.99. The highest BCUT2D eigenvalue weighted by atomic mass is 19.4. The van der Waals surface area contributed by atoms with E-state index in [-0.39, 0.29) is 27.8 Å². The molecule has 13 heteroatoms. The molecule has 1 N–H and O–H groups in total. The number of alkyl halides is 6. The zero-order valence-electron chi connectivity index (χ0n) is 16.6. The van der Waals surface area contributed by atoms with Crippen LogP contribution in [-0.2, 0) is 6.18 Å². The van der Waals surface area contributed by atoms with Crippen LogP contribution in [0.3, 0.4) is 0 Å². The highest BCUT2D eigenvalue weighted by Crippen LogP contribution is 2.44. The molecule has 1 atom stereocenters. The molecule has 33 heavy (non-hydrogen) atoms. The van der Waals surface area contributed by atoms with E-state index in [2.05, 4.69) is 15.1 Å². The van der Waals surface area contributed by atoms with Gasteiger partial charge in [-0.05, 0) is 30.3 Å². The van der Waals surface area contributed by atoms with E-state index in [4.69, 9.17) is 9.15 Å². The zero-order valence-corrected chi connectivity index (χ0v) is 16.6. The summed E-state index contributed by atoms with van der Waals surface area (Å²) < 4.78 is 92.5. The predicted octanol–water partition coefficient (Wildman–Crippen LogP) is 4.63. The molecule has 1 aliphatic rings. The van der Waals surface area contributed by atoms with Gasteiger partial charge in [-0.1, -0.05) is 12.1 Å².